The summed E-state index contributed by atoms with van der Waals surface area (Å²) in [6.07, 6.45) is 2.55. The second-order valence-corrected chi connectivity index (χ2v) is 7.82. The smallest absolute Gasteiger partial charge is 0.272 e. The minimum atomic E-state index is -0.0916. The van der Waals surface area contributed by atoms with Crippen molar-refractivity contribution in [3.63, 3.8) is 0 Å². The van der Waals surface area contributed by atoms with Crippen molar-refractivity contribution in [1.29, 1.82) is 0 Å². The van der Waals surface area contributed by atoms with E-state index >= 15 is 0 Å². The van der Waals surface area contributed by atoms with Crippen molar-refractivity contribution in [2.24, 2.45) is 0 Å². The number of likely N-dealkylation sites (tertiary alicyclic amines) is 1. The Morgan fingerprint density at radius 2 is 2.00 bits per heavy atom. The summed E-state index contributed by atoms with van der Waals surface area (Å²) in [6, 6.07) is 5.44. The summed E-state index contributed by atoms with van der Waals surface area (Å²) < 4.78 is 1.72. The molecule has 0 saturated carbocycles. The van der Waals surface area contributed by atoms with Crippen molar-refractivity contribution < 1.29 is 0 Å². The van der Waals surface area contributed by atoms with E-state index in [1.807, 2.05) is 6.07 Å². The average molecular weight is 375 g/mol. The van der Waals surface area contributed by atoms with Crippen LogP contribution in [0.5, 0.6) is 0 Å². The van der Waals surface area contributed by atoms with Gasteiger partial charge in [-0.2, -0.15) is 0 Å². The summed E-state index contributed by atoms with van der Waals surface area (Å²) in [5, 5.41) is 3.63. The number of thiazole rings is 1. The number of aromatic nitrogens is 3. The molecule has 1 fully saturated rings. The van der Waals surface area contributed by atoms with Crippen molar-refractivity contribution in [2.75, 3.05) is 13.1 Å². The summed E-state index contributed by atoms with van der Waals surface area (Å²) in [5.74, 6) is 0. The first kappa shape index (κ1) is 16.7. The zero-order valence-electron chi connectivity index (χ0n) is 14.0. The summed E-state index contributed by atoms with van der Waals surface area (Å²) in [5.41, 5.74) is 3.01. The van der Waals surface area contributed by atoms with Gasteiger partial charge in [0.15, 0.2) is 0 Å². The number of aryl methyl sites for hydroxylation is 1. The van der Waals surface area contributed by atoms with Gasteiger partial charge in [-0.15, -0.1) is 11.3 Å². The molecule has 0 unspecified atom stereocenters. The largest absolute Gasteiger partial charge is 0.298 e. The fourth-order valence-electron chi connectivity index (χ4n) is 3.30. The van der Waals surface area contributed by atoms with Crippen LogP contribution < -0.4 is 5.56 Å². The molecule has 0 spiro atoms. The van der Waals surface area contributed by atoms with Gasteiger partial charge in [-0.05, 0) is 51.1 Å². The lowest BCUT2D eigenvalue weighted by molar-refractivity contribution is 0.327. The monoisotopic (exact) mass is 374 g/mol. The van der Waals surface area contributed by atoms with Gasteiger partial charge in [0.05, 0.1) is 23.3 Å². The predicted molar refractivity (Wildman–Crippen MR) is 101 cm³/mol. The molecule has 1 aromatic carbocycles. The molecule has 1 aliphatic heterocycles. The van der Waals surface area contributed by atoms with Crippen LogP contribution in [0.4, 0.5) is 0 Å². The molecular formula is C18H19ClN4OS. The Bertz CT molecular complexity index is 975. The quantitative estimate of drug-likeness (QED) is 0.701. The van der Waals surface area contributed by atoms with Crippen LogP contribution in [0.1, 0.15) is 29.2 Å². The van der Waals surface area contributed by atoms with Crippen molar-refractivity contribution in [3.05, 3.63) is 55.4 Å². The molecule has 5 nitrogen and oxygen atoms in total. The molecule has 25 heavy (non-hydrogen) atoms. The topological polar surface area (TPSA) is 51.0 Å². The van der Waals surface area contributed by atoms with Crippen LogP contribution in [0.15, 0.2) is 28.4 Å². The molecule has 0 radical (unpaired) electrons. The molecule has 130 valence electrons. The molecule has 0 bridgehead atoms. The zero-order chi connectivity index (χ0) is 17.4. The molecule has 4 rings (SSSR count). The molecule has 3 heterocycles. The predicted octanol–water partition coefficient (Wildman–Crippen LogP) is 3.46. The normalized spacial score (nSPS) is 15.3. The van der Waals surface area contributed by atoms with Crippen LogP contribution in [0.25, 0.3) is 11.0 Å². The molecule has 3 aromatic rings. The molecule has 1 saturated heterocycles. The van der Waals surface area contributed by atoms with E-state index in [4.69, 9.17) is 16.6 Å². The molecule has 0 aliphatic carbocycles. The highest BCUT2D eigenvalue weighted by atomic mass is 35.5. The average Bonchev–Trinajstić information content (AvgIpc) is 3.25. The van der Waals surface area contributed by atoms with Crippen molar-refractivity contribution in [2.45, 2.75) is 32.9 Å². The van der Waals surface area contributed by atoms with Crippen LogP contribution in [-0.2, 0) is 13.1 Å². The summed E-state index contributed by atoms with van der Waals surface area (Å²) in [7, 11) is 0. The van der Waals surface area contributed by atoms with E-state index in [9.17, 15) is 4.79 Å². The first-order chi connectivity index (χ1) is 12.1. The number of benzene rings is 1. The van der Waals surface area contributed by atoms with Crippen LogP contribution in [0, 0.1) is 6.92 Å². The highest BCUT2D eigenvalue weighted by Crippen LogP contribution is 2.20. The van der Waals surface area contributed by atoms with Crippen LogP contribution >= 0.6 is 22.9 Å². The second-order valence-electron chi connectivity index (χ2n) is 6.44. The Kier molecular flexibility index (Phi) is 4.58. The Morgan fingerprint density at radius 1 is 1.20 bits per heavy atom. The summed E-state index contributed by atoms with van der Waals surface area (Å²) in [4.78, 5) is 24.1. The third kappa shape index (κ3) is 3.47. The maximum Gasteiger partial charge on any atom is 0.272 e. The summed E-state index contributed by atoms with van der Waals surface area (Å²) in [6.45, 7) is 5.39. The minimum Gasteiger partial charge on any atom is -0.298 e. The molecular weight excluding hydrogens is 356 g/mol. The van der Waals surface area contributed by atoms with Gasteiger partial charge in [-0.25, -0.2) is 9.97 Å². The van der Waals surface area contributed by atoms with Gasteiger partial charge in [0, 0.05) is 16.9 Å². The van der Waals surface area contributed by atoms with E-state index in [0.29, 0.717) is 17.3 Å². The lowest BCUT2D eigenvalue weighted by atomic mass is 10.2. The third-order valence-electron chi connectivity index (χ3n) is 4.55. The minimum absolute atomic E-state index is 0.0916. The fourth-order valence-corrected chi connectivity index (χ4v) is 4.24. The number of halogens is 1. The highest BCUT2D eigenvalue weighted by molar-refractivity contribution is 7.09. The number of rotatable bonds is 4. The van der Waals surface area contributed by atoms with Gasteiger partial charge in [0.2, 0.25) is 0 Å². The Balaban J connectivity index is 1.66. The third-order valence-corrected chi connectivity index (χ3v) is 5.67. The van der Waals surface area contributed by atoms with Gasteiger partial charge >= 0.3 is 0 Å². The van der Waals surface area contributed by atoms with Crippen molar-refractivity contribution in [1.82, 2.24) is 19.4 Å². The Labute approximate surface area is 154 Å². The molecule has 1 aliphatic rings. The van der Waals surface area contributed by atoms with E-state index in [2.05, 4.69) is 15.3 Å². The number of fused-ring (bicyclic) bond motifs is 1. The first-order valence-corrected chi connectivity index (χ1v) is 9.68. The van der Waals surface area contributed by atoms with Crippen LogP contribution in [0.2, 0.25) is 5.02 Å². The lowest BCUT2D eigenvalue weighted by Crippen LogP contribution is -2.24. The second kappa shape index (κ2) is 6.86. The van der Waals surface area contributed by atoms with Gasteiger partial charge in [-0.1, -0.05) is 11.6 Å². The SMILES string of the molecule is Cc1nc2ccc(Cl)cc2n(Cc2nc(CN3CCCC3)cs2)c1=O. The van der Waals surface area contributed by atoms with Crippen molar-refractivity contribution >= 4 is 34.0 Å². The fraction of sp³-hybridized carbons (Fsp3) is 0.389. The standard InChI is InChI=1S/C18H19ClN4OS/c1-12-18(24)23(16-8-13(19)4-5-15(16)20-12)10-17-21-14(11-25-17)9-22-6-2-3-7-22/h4-5,8,11H,2-3,6-7,9-10H2,1H3. The summed E-state index contributed by atoms with van der Waals surface area (Å²) >= 11 is 7.73. The van der Waals surface area contributed by atoms with E-state index < -0.39 is 0 Å². The van der Waals surface area contributed by atoms with Crippen molar-refractivity contribution in [3.8, 4) is 0 Å². The van der Waals surface area contributed by atoms with Gasteiger partial charge in [0.25, 0.3) is 5.56 Å². The number of hydrogen-bond acceptors (Lipinski definition) is 5. The molecule has 0 N–H and O–H groups in total. The molecule has 2 aromatic heterocycles. The van der Waals surface area contributed by atoms with Crippen LogP contribution in [0.3, 0.4) is 0 Å². The number of hydrogen-bond donors (Lipinski definition) is 0. The van der Waals surface area contributed by atoms with Gasteiger partial charge in [0.1, 0.15) is 10.7 Å². The molecule has 7 heteroatoms. The Hall–Kier alpha value is -1.76. The molecule has 0 amide bonds. The maximum atomic E-state index is 12.6. The number of nitrogens with zero attached hydrogens (tertiary/aromatic N) is 4. The van der Waals surface area contributed by atoms with Gasteiger partial charge < -0.3 is 0 Å². The lowest BCUT2D eigenvalue weighted by Gasteiger charge is -2.12. The van der Waals surface area contributed by atoms with E-state index in [1.54, 1.807) is 35.0 Å². The van der Waals surface area contributed by atoms with E-state index in [0.717, 1.165) is 41.4 Å². The van der Waals surface area contributed by atoms with E-state index in [-0.39, 0.29) is 5.56 Å². The highest BCUT2D eigenvalue weighted by Gasteiger charge is 2.15. The Morgan fingerprint density at radius 3 is 2.80 bits per heavy atom. The van der Waals surface area contributed by atoms with E-state index in [1.165, 1.54) is 12.8 Å². The van der Waals surface area contributed by atoms with Crippen LogP contribution in [-0.4, -0.2) is 32.5 Å². The maximum absolute atomic E-state index is 12.6. The molecule has 0 atom stereocenters. The zero-order valence-corrected chi connectivity index (χ0v) is 15.6. The van der Waals surface area contributed by atoms with Gasteiger partial charge in [-0.3, -0.25) is 14.3 Å². The first-order valence-electron chi connectivity index (χ1n) is 8.42.